The zero-order chi connectivity index (χ0) is 19.5. The zero-order valence-corrected chi connectivity index (χ0v) is 16.0. The Bertz CT molecular complexity index is 835. The molecule has 0 radical (unpaired) electrons. The zero-order valence-electron chi connectivity index (χ0n) is 16.0. The molecule has 8 heteroatoms. The summed E-state index contributed by atoms with van der Waals surface area (Å²) in [5, 5.41) is 16.7. The van der Waals surface area contributed by atoms with Crippen molar-refractivity contribution >= 4 is 11.6 Å². The average Bonchev–Trinajstić information content (AvgIpc) is 3.02. The van der Waals surface area contributed by atoms with Crippen molar-refractivity contribution in [2.75, 3.05) is 11.9 Å². The number of anilines is 2. The molecule has 0 atom stereocenters. The summed E-state index contributed by atoms with van der Waals surface area (Å²) in [5.41, 5.74) is -0.605. The highest BCUT2D eigenvalue weighted by molar-refractivity contribution is 5.55. The van der Waals surface area contributed by atoms with E-state index in [4.69, 9.17) is 4.74 Å². The SMILES string of the molecule is Cc1nn(C(C)(C)C#N)cc1Nc1nccc(OCC2(F)CCCCC2)n1. The first-order valence-corrected chi connectivity index (χ1v) is 9.21. The summed E-state index contributed by atoms with van der Waals surface area (Å²) in [6, 6.07) is 3.83. The van der Waals surface area contributed by atoms with Crippen molar-refractivity contribution in [1.29, 1.82) is 5.26 Å². The number of ether oxygens (including phenoxy) is 1. The van der Waals surface area contributed by atoms with E-state index < -0.39 is 11.2 Å². The third-order valence-electron chi connectivity index (χ3n) is 4.85. The van der Waals surface area contributed by atoms with Crippen molar-refractivity contribution in [1.82, 2.24) is 19.7 Å². The number of nitrogens with zero attached hydrogens (tertiary/aromatic N) is 5. The Morgan fingerprint density at radius 2 is 2.11 bits per heavy atom. The normalized spacial score (nSPS) is 16.6. The van der Waals surface area contributed by atoms with E-state index in [0.717, 1.165) is 25.0 Å². The number of hydrogen-bond donors (Lipinski definition) is 1. The van der Waals surface area contributed by atoms with E-state index in [2.05, 4.69) is 26.5 Å². The van der Waals surface area contributed by atoms with Gasteiger partial charge in [0.05, 0.1) is 23.6 Å². The maximum Gasteiger partial charge on any atom is 0.230 e. The lowest BCUT2D eigenvalue weighted by Gasteiger charge is -2.28. The Balaban J connectivity index is 1.68. The lowest BCUT2D eigenvalue weighted by atomic mass is 9.87. The first-order valence-electron chi connectivity index (χ1n) is 9.21. The van der Waals surface area contributed by atoms with Gasteiger partial charge in [0.1, 0.15) is 17.8 Å². The molecule has 1 N–H and O–H groups in total. The van der Waals surface area contributed by atoms with Crippen molar-refractivity contribution in [3.8, 4) is 11.9 Å². The molecule has 2 heterocycles. The predicted octanol–water partition coefficient (Wildman–Crippen LogP) is 4.04. The molecule has 1 aliphatic rings. The number of aryl methyl sites for hydroxylation is 1. The summed E-state index contributed by atoms with van der Waals surface area (Å²) in [4.78, 5) is 8.48. The fraction of sp³-hybridized carbons (Fsp3) is 0.579. The van der Waals surface area contributed by atoms with Crippen LogP contribution in [0.3, 0.4) is 0 Å². The molecule has 1 saturated carbocycles. The topological polar surface area (TPSA) is 88.7 Å². The van der Waals surface area contributed by atoms with Gasteiger partial charge in [-0.2, -0.15) is 15.3 Å². The third kappa shape index (κ3) is 4.54. The summed E-state index contributed by atoms with van der Waals surface area (Å²) in [7, 11) is 0. The first-order chi connectivity index (χ1) is 12.8. The van der Waals surface area contributed by atoms with Crippen LogP contribution in [0.4, 0.5) is 16.0 Å². The molecule has 7 nitrogen and oxygen atoms in total. The van der Waals surface area contributed by atoms with Crippen LogP contribution in [-0.4, -0.2) is 32.0 Å². The van der Waals surface area contributed by atoms with E-state index in [0.29, 0.717) is 30.4 Å². The first kappa shape index (κ1) is 19.1. The van der Waals surface area contributed by atoms with E-state index >= 15 is 0 Å². The maximum atomic E-state index is 14.7. The minimum absolute atomic E-state index is 0.0107. The van der Waals surface area contributed by atoms with Crippen LogP contribution >= 0.6 is 0 Å². The molecule has 144 valence electrons. The number of hydrogen-bond acceptors (Lipinski definition) is 6. The van der Waals surface area contributed by atoms with Gasteiger partial charge < -0.3 is 10.1 Å². The third-order valence-corrected chi connectivity index (χ3v) is 4.85. The molecular formula is C19H25FN6O. The molecule has 0 unspecified atom stereocenters. The highest BCUT2D eigenvalue weighted by Gasteiger charge is 2.32. The van der Waals surface area contributed by atoms with Gasteiger partial charge >= 0.3 is 0 Å². The Labute approximate surface area is 158 Å². The van der Waals surface area contributed by atoms with Gasteiger partial charge in [0.2, 0.25) is 11.8 Å². The molecule has 3 rings (SSSR count). The Morgan fingerprint density at radius 1 is 1.37 bits per heavy atom. The number of aromatic nitrogens is 4. The summed E-state index contributed by atoms with van der Waals surface area (Å²) in [6.07, 6.45) is 7.27. The highest BCUT2D eigenvalue weighted by Crippen LogP contribution is 2.32. The van der Waals surface area contributed by atoms with Crippen LogP contribution in [0.25, 0.3) is 0 Å². The molecule has 2 aromatic rings. The van der Waals surface area contributed by atoms with E-state index in [1.165, 1.54) is 0 Å². The highest BCUT2D eigenvalue weighted by atomic mass is 19.1. The van der Waals surface area contributed by atoms with Crippen LogP contribution < -0.4 is 10.1 Å². The van der Waals surface area contributed by atoms with Crippen LogP contribution in [0.1, 0.15) is 51.6 Å². The standard InChI is InChI=1S/C19H25FN6O/c1-14-15(11-26(25-14)18(2,3)12-21)23-17-22-10-7-16(24-17)27-13-19(20)8-5-4-6-9-19/h7,10-11H,4-6,8-9,13H2,1-3H3,(H,22,23,24). The van der Waals surface area contributed by atoms with E-state index in [1.807, 2.05) is 6.92 Å². The Kier molecular flexibility index (Phi) is 5.31. The minimum atomic E-state index is -1.27. The van der Waals surface area contributed by atoms with Gasteiger partial charge in [-0.15, -0.1) is 0 Å². The monoisotopic (exact) mass is 372 g/mol. The van der Waals surface area contributed by atoms with Crippen LogP contribution in [-0.2, 0) is 5.54 Å². The second-order valence-corrected chi connectivity index (χ2v) is 7.59. The fourth-order valence-electron chi connectivity index (χ4n) is 3.06. The summed E-state index contributed by atoms with van der Waals surface area (Å²) in [5.74, 6) is 0.666. The quantitative estimate of drug-likeness (QED) is 0.823. The number of alkyl halides is 1. The molecule has 0 spiro atoms. The van der Waals surface area contributed by atoms with Gasteiger partial charge in [0.15, 0.2) is 0 Å². The lowest BCUT2D eigenvalue weighted by molar-refractivity contribution is 0.0457. The van der Waals surface area contributed by atoms with Gasteiger partial charge in [0, 0.05) is 12.3 Å². The van der Waals surface area contributed by atoms with Gasteiger partial charge in [-0.3, -0.25) is 4.68 Å². The lowest BCUT2D eigenvalue weighted by Crippen LogP contribution is -2.33. The molecule has 27 heavy (non-hydrogen) atoms. The Hall–Kier alpha value is -2.69. The number of nitriles is 1. The molecule has 2 aromatic heterocycles. The van der Waals surface area contributed by atoms with Crippen LogP contribution in [0, 0.1) is 18.3 Å². The van der Waals surface area contributed by atoms with Gasteiger partial charge in [0.25, 0.3) is 0 Å². The number of rotatable bonds is 6. The molecular weight excluding hydrogens is 347 g/mol. The molecule has 0 saturated heterocycles. The van der Waals surface area contributed by atoms with Gasteiger partial charge in [-0.05, 0) is 33.6 Å². The number of nitrogens with one attached hydrogen (secondary N) is 1. The smallest absolute Gasteiger partial charge is 0.230 e. The van der Waals surface area contributed by atoms with Crippen molar-refractivity contribution in [3.05, 3.63) is 24.2 Å². The van der Waals surface area contributed by atoms with Gasteiger partial charge in [-0.25, -0.2) is 9.37 Å². The van der Waals surface area contributed by atoms with Crippen molar-refractivity contribution in [2.45, 2.75) is 64.1 Å². The molecule has 0 amide bonds. The largest absolute Gasteiger partial charge is 0.474 e. The molecule has 0 bridgehead atoms. The second kappa shape index (κ2) is 7.51. The predicted molar refractivity (Wildman–Crippen MR) is 99.6 cm³/mol. The molecule has 1 fully saturated rings. The second-order valence-electron chi connectivity index (χ2n) is 7.59. The van der Waals surface area contributed by atoms with Gasteiger partial charge in [-0.1, -0.05) is 19.3 Å². The van der Waals surface area contributed by atoms with E-state index in [1.54, 1.807) is 37.0 Å². The minimum Gasteiger partial charge on any atom is -0.474 e. The van der Waals surface area contributed by atoms with Crippen molar-refractivity contribution in [3.63, 3.8) is 0 Å². The van der Waals surface area contributed by atoms with Crippen LogP contribution in [0.2, 0.25) is 0 Å². The summed E-state index contributed by atoms with van der Waals surface area (Å²) >= 11 is 0. The van der Waals surface area contributed by atoms with Crippen molar-refractivity contribution < 1.29 is 9.13 Å². The van der Waals surface area contributed by atoms with E-state index in [-0.39, 0.29) is 6.61 Å². The average molecular weight is 372 g/mol. The van der Waals surface area contributed by atoms with Crippen LogP contribution in [0.5, 0.6) is 5.88 Å². The van der Waals surface area contributed by atoms with Crippen LogP contribution in [0.15, 0.2) is 18.5 Å². The number of halogens is 1. The molecule has 0 aromatic carbocycles. The molecule has 0 aliphatic heterocycles. The summed E-state index contributed by atoms with van der Waals surface area (Å²) < 4.78 is 21.9. The summed E-state index contributed by atoms with van der Waals surface area (Å²) in [6.45, 7) is 5.41. The van der Waals surface area contributed by atoms with Crippen molar-refractivity contribution in [2.24, 2.45) is 0 Å². The van der Waals surface area contributed by atoms with E-state index in [9.17, 15) is 9.65 Å². The fourth-order valence-corrected chi connectivity index (χ4v) is 3.06. The Morgan fingerprint density at radius 3 is 2.81 bits per heavy atom. The molecule has 1 aliphatic carbocycles. The maximum absolute atomic E-state index is 14.7.